The minimum absolute atomic E-state index is 0.516. The second-order valence-corrected chi connectivity index (χ2v) is 5.29. The molecule has 0 unspecified atom stereocenters. The van der Waals surface area contributed by atoms with Crippen molar-refractivity contribution in [2.45, 2.75) is 6.92 Å². The highest BCUT2D eigenvalue weighted by Crippen LogP contribution is 2.22. The van der Waals surface area contributed by atoms with E-state index in [-0.39, 0.29) is 0 Å². The molecule has 0 radical (unpaired) electrons. The fraction of sp³-hybridized carbons (Fsp3) is 0.100. The van der Waals surface area contributed by atoms with Gasteiger partial charge in [-0.3, -0.25) is 0 Å². The molecule has 0 fully saturated rings. The van der Waals surface area contributed by atoms with E-state index in [0.29, 0.717) is 16.3 Å². The molecule has 1 aromatic carbocycles. The van der Waals surface area contributed by atoms with Gasteiger partial charge in [-0.15, -0.1) is 0 Å². The predicted octanol–water partition coefficient (Wildman–Crippen LogP) is 3.27. The van der Waals surface area contributed by atoms with E-state index in [1.807, 2.05) is 6.92 Å². The van der Waals surface area contributed by atoms with E-state index in [0.717, 1.165) is 10.4 Å². The molecule has 1 heterocycles. The van der Waals surface area contributed by atoms with Gasteiger partial charge < -0.3 is 0 Å². The van der Waals surface area contributed by atoms with E-state index in [1.54, 1.807) is 18.2 Å². The Hall–Kier alpha value is -1.22. The van der Waals surface area contributed by atoms with E-state index in [9.17, 15) is 0 Å². The summed E-state index contributed by atoms with van der Waals surface area (Å²) < 4.78 is 4.96. The zero-order valence-electron chi connectivity index (χ0n) is 8.27. The molecule has 0 amide bonds. The number of benzene rings is 1. The third kappa shape index (κ3) is 2.30. The molecule has 3 nitrogen and oxygen atoms in total. The van der Waals surface area contributed by atoms with Crippen LogP contribution in [0.25, 0.3) is 0 Å². The fourth-order valence-electron chi connectivity index (χ4n) is 1.11. The van der Waals surface area contributed by atoms with E-state index >= 15 is 0 Å². The average molecular weight is 268 g/mol. The molecule has 0 aliphatic rings. The summed E-state index contributed by atoms with van der Waals surface area (Å²) in [4.78, 5) is 4.39. The third-order valence-electron chi connectivity index (χ3n) is 1.90. The molecule has 0 N–H and O–H groups in total. The molecule has 2 aromatic rings. The minimum Gasteiger partial charge on any atom is -0.234 e. The highest BCUT2D eigenvalue weighted by Gasteiger charge is 2.02. The summed E-state index contributed by atoms with van der Waals surface area (Å²) in [5.74, 6) is 0. The molecular formula is C10H6ClN3S2. The fourth-order valence-corrected chi connectivity index (χ4v) is 3.07. The lowest BCUT2D eigenvalue weighted by molar-refractivity contribution is 1.25. The Kier molecular flexibility index (Phi) is 3.34. The van der Waals surface area contributed by atoms with Gasteiger partial charge >= 0.3 is 0 Å². The maximum Gasteiger partial charge on any atom is 0.150 e. The summed E-state index contributed by atoms with van der Waals surface area (Å²) in [6.07, 6.45) is 0. The summed E-state index contributed by atoms with van der Waals surface area (Å²) in [6.45, 7) is 1.89. The zero-order valence-corrected chi connectivity index (χ0v) is 10.7. The van der Waals surface area contributed by atoms with Crippen molar-refractivity contribution in [2.75, 3.05) is 0 Å². The predicted molar refractivity (Wildman–Crippen MR) is 66.1 cm³/mol. The normalized spacial score (nSPS) is 11.4. The molecule has 0 aliphatic carbocycles. The van der Waals surface area contributed by atoms with Gasteiger partial charge in [0.25, 0.3) is 0 Å². The Bertz CT molecular complexity index is 621. The maximum absolute atomic E-state index is 8.94. The molecule has 0 saturated carbocycles. The first-order chi connectivity index (χ1) is 7.70. The second kappa shape index (κ2) is 4.74. The van der Waals surface area contributed by atoms with Crippen molar-refractivity contribution in [1.29, 1.82) is 5.26 Å². The first-order valence-electron chi connectivity index (χ1n) is 4.37. The first kappa shape index (κ1) is 11.3. The molecule has 0 aliphatic heterocycles. The highest BCUT2D eigenvalue weighted by molar-refractivity contribution is 7.66. The van der Waals surface area contributed by atoms with E-state index in [4.69, 9.17) is 16.9 Å². The standard InChI is InChI=1S/C10H6ClN3S2/c1-6-10(15-16-14-6)13-9-4-8(11)3-2-7(9)5-12/h2-4H,1H3. The zero-order chi connectivity index (χ0) is 11.5. The largest absolute Gasteiger partial charge is 0.234 e. The van der Waals surface area contributed by atoms with Gasteiger partial charge in [-0.1, -0.05) is 11.6 Å². The molecular weight excluding hydrogens is 262 g/mol. The second-order valence-electron chi connectivity index (χ2n) is 3.02. The Labute approximate surface area is 105 Å². The SMILES string of the molecule is Cc1nssc1=Nc1cc(Cl)ccc1C#N. The van der Waals surface area contributed by atoms with E-state index in [1.165, 1.54) is 20.9 Å². The van der Waals surface area contributed by atoms with Crippen molar-refractivity contribution in [3.8, 4) is 6.07 Å². The van der Waals surface area contributed by atoms with Gasteiger partial charge in [0.05, 0.1) is 16.9 Å². The number of nitriles is 1. The van der Waals surface area contributed by atoms with Crippen LogP contribution in [0.15, 0.2) is 23.2 Å². The van der Waals surface area contributed by atoms with Gasteiger partial charge in [-0.05, 0) is 35.5 Å². The van der Waals surface area contributed by atoms with Crippen LogP contribution in [-0.2, 0) is 0 Å². The lowest BCUT2D eigenvalue weighted by Gasteiger charge is -1.96. The molecule has 16 heavy (non-hydrogen) atoms. The Morgan fingerprint density at radius 1 is 1.50 bits per heavy atom. The molecule has 0 spiro atoms. The topological polar surface area (TPSA) is 49.0 Å². The lowest BCUT2D eigenvalue weighted by Crippen LogP contribution is -1.97. The van der Waals surface area contributed by atoms with Crippen molar-refractivity contribution in [3.63, 3.8) is 0 Å². The molecule has 0 bridgehead atoms. The van der Waals surface area contributed by atoms with Gasteiger partial charge in [-0.2, -0.15) is 9.64 Å². The molecule has 80 valence electrons. The number of halogens is 1. The van der Waals surface area contributed by atoms with Crippen LogP contribution in [0.2, 0.25) is 5.02 Å². The van der Waals surface area contributed by atoms with Gasteiger partial charge in [0, 0.05) is 15.6 Å². The van der Waals surface area contributed by atoms with Crippen molar-refractivity contribution in [1.82, 2.24) is 4.37 Å². The average Bonchev–Trinajstić information content (AvgIpc) is 2.65. The maximum atomic E-state index is 8.94. The summed E-state index contributed by atoms with van der Waals surface area (Å²) in [6, 6.07) is 7.12. The number of aromatic nitrogens is 1. The summed E-state index contributed by atoms with van der Waals surface area (Å²) in [7, 11) is 2.87. The van der Waals surface area contributed by atoms with Crippen LogP contribution >= 0.6 is 32.5 Å². The highest BCUT2D eigenvalue weighted by atomic mass is 35.5. The number of hydrogen-bond donors (Lipinski definition) is 0. The van der Waals surface area contributed by atoms with Gasteiger partial charge in [0.2, 0.25) is 0 Å². The van der Waals surface area contributed by atoms with Crippen molar-refractivity contribution in [3.05, 3.63) is 39.2 Å². The van der Waals surface area contributed by atoms with E-state index in [2.05, 4.69) is 15.4 Å². The molecule has 2 rings (SSSR count). The quantitative estimate of drug-likeness (QED) is 0.745. The third-order valence-corrected chi connectivity index (χ3v) is 4.03. The summed E-state index contributed by atoms with van der Waals surface area (Å²) in [5.41, 5.74) is 1.98. The van der Waals surface area contributed by atoms with Crippen LogP contribution in [0.1, 0.15) is 11.3 Å². The number of nitrogens with zero attached hydrogens (tertiary/aromatic N) is 3. The number of hydrogen-bond acceptors (Lipinski definition) is 5. The van der Waals surface area contributed by atoms with Gasteiger partial charge in [-0.25, -0.2) is 4.99 Å². The summed E-state index contributed by atoms with van der Waals surface area (Å²) >= 11 is 5.87. The van der Waals surface area contributed by atoms with Crippen LogP contribution in [0.5, 0.6) is 0 Å². The summed E-state index contributed by atoms with van der Waals surface area (Å²) in [5, 5.41) is 9.52. The smallest absolute Gasteiger partial charge is 0.150 e. The Morgan fingerprint density at radius 3 is 2.94 bits per heavy atom. The number of rotatable bonds is 1. The Morgan fingerprint density at radius 2 is 2.31 bits per heavy atom. The Balaban J connectivity index is 2.62. The van der Waals surface area contributed by atoms with Crippen LogP contribution in [-0.4, -0.2) is 4.37 Å². The monoisotopic (exact) mass is 267 g/mol. The van der Waals surface area contributed by atoms with Crippen LogP contribution in [0.3, 0.4) is 0 Å². The van der Waals surface area contributed by atoms with Gasteiger partial charge in [0.1, 0.15) is 6.07 Å². The minimum atomic E-state index is 0.516. The molecule has 1 aromatic heterocycles. The first-order valence-corrected chi connectivity index (χ1v) is 6.86. The van der Waals surface area contributed by atoms with Crippen molar-refractivity contribution in [2.24, 2.45) is 4.99 Å². The molecule has 0 saturated heterocycles. The van der Waals surface area contributed by atoms with Crippen LogP contribution in [0, 0.1) is 18.3 Å². The van der Waals surface area contributed by atoms with Gasteiger partial charge in [0.15, 0.2) is 4.67 Å². The van der Waals surface area contributed by atoms with E-state index < -0.39 is 0 Å². The van der Waals surface area contributed by atoms with Crippen LogP contribution in [0.4, 0.5) is 5.69 Å². The van der Waals surface area contributed by atoms with Crippen LogP contribution < -0.4 is 4.67 Å². The lowest BCUT2D eigenvalue weighted by atomic mass is 10.2. The number of aryl methyl sites for hydroxylation is 1. The molecule has 6 heteroatoms. The van der Waals surface area contributed by atoms with Crippen molar-refractivity contribution < 1.29 is 0 Å². The molecule has 0 atom stereocenters. The van der Waals surface area contributed by atoms with Crippen molar-refractivity contribution >= 4 is 38.2 Å².